The van der Waals surface area contributed by atoms with Crippen LogP contribution in [0, 0.1) is 11.6 Å². The second-order valence-corrected chi connectivity index (χ2v) is 7.77. The van der Waals surface area contributed by atoms with Gasteiger partial charge < -0.3 is 16.0 Å². The highest BCUT2D eigenvalue weighted by Crippen LogP contribution is 2.27. The predicted molar refractivity (Wildman–Crippen MR) is 133 cm³/mol. The maximum absolute atomic E-state index is 14.4. The van der Waals surface area contributed by atoms with E-state index in [1.807, 2.05) is 18.2 Å². The number of nitrogens with one attached hydrogen (secondary N) is 3. The normalized spacial score (nSPS) is 10.7. The summed E-state index contributed by atoms with van der Waals surface area (Å²) in [5.41, 5.74) is 3.78. The molecule has 0 unspecified atom stereocenters. The molecule has 6 nitrogen and oxygen atoms in total. The molecule has 0 aliphatic carbocycles. The van der Waals surface area contributed by atoms with Crippen LogP contribution in [0.25, 0.3) is 10.9 Å². The van der Waals surface area contributed by atoms with Crippen molar-refractivity contribution in [1.82, 2.24) is 9.97 Å². The summed E-state index contributed by atoms with van der Waals surface area (Å²) in [6.45, 7) is 0. The number of carbonyl (C=O) groups is 1. The molecule has 0 aliphatic heterocycles. The Morgan fingerprint density at radius 3 is 2.37 bits per heavy atom. The third-order valence-corrected chi connectivity index (χ3v) is 5.23. The number of hydrogen-bond acceptors (Lipinski definition) is 5. The lowest BCUT2D eigenvalue weighted by Gasteiger charge is -2.12. The molecule has 0 saturated heterocycles. The highest BCUT2D eigenvalue weighted by molar-refractivity contribution is 6.05. The maximum atomic E-state index is 14.4. The van der Waals surface area contributed by atoms with Gasteiger partial charge in [-0.3, -0.25) is 14.8 Å². The van der Waals surface area contributed by atoms with E-state index in [0.29, 0.717) is 28.0 Å². The van der Waals surface area contributed by atoms with Crippen molar-refractivity contribution in [3.05, 3.63) is 115 Å². The average Bonchev–Trinajstić information content (AvgIpc) is 2.85. The zero-order valence-electron chi connectivity index (χ0n) is 18.3. The Morgan fingerprint density at radius 1 is 0.686 bits per heavy atom. The van der Waals surface area contributed by atoms with Crippen LogP contribution >= 0.6 is 0 Å². The first-order chi connectivity index (χ1) is 17.0. The summed E-state index contributed by atoms with van der Waals surface area (Å²) in [6, 6.07) is 20.7. The standard InChI is InChI=1S/C27H19F2N5O/c28-18-4-5-25-24(15-18)26(8-11-31-25)33-23-13-17(12-19(29)14-23)27(35)34-22-3-1-2-21(16-22)32-20-6-9-30-10-7-20/h1-16H,(H,30,32)(H,31,33)(H,34,35). The minimum Gasteiger partial charge on any atom is -0.355 e. The Bertz CT molecular complexity index is 1530. The molecular weight excluding hydrogens is 448 g/mol. The fraction of sp³-hybridized carbons (Fsp3) is 0. The third kappa shape index (κ3) is 5.22. The van der Waals surface area contributed by atoms with E-state index >= 15 is 0 Å². The molecule has 0 saturated carbocycles. The Balaban J connectivity index is 1.36. The van der Waals surface area contributed by atoms with Crippen LogP contribution in [-0.4, -0.2) is 15.9 Å². The van der Waals surface area contributed by atoms with Crippen molar-refractivity contribution in [2.75, 3.05) is 16.0 Å². The smallest absolute Gasteiger partial charge is 0.255 e. The number of halogens is 2. The van der Waals surface area contributed by atoms with Gasteiger partial charge in [-0.1, -0.05) is 6.07 Å². The molecule has 2 aromatic heterocycles. The van der Waals surface area contributed by atoms with E-state index in [2.05, 4.69) is 25.9 Å². The number of nitrogens with zero attached hydrogens (tertiary/aromatic N) is 2. The number of carbonyl (C=O) groups excluding carboxylic acids is 1. The van der Waals surface area contributed by atoms with E-state index in [1.165, 1.54) is 24.3 Å². The Hall–Kier alpha value is -4.85. The summed E-state index contributed by atoms with van der Waals surface area (Å²) in [7, 11) is 0. The van der Waals surface area contributed by atoms with Crippen molar-refractivity contribution in [3.63, 3.8) is 0 Å². The molecule has 5 rings (SSSR count). The van der Waals surface area contributed by atoms with Crippen molar-refractivity contribution >= 4 is 45.2 Å². The largest absolute Gasteiger partial charge is 0.355 e. The van der Waals surface area contributed by atoms with E-state index < -0.39 is 17.5 Å². The van der Waals surface area contributed by atoms with Crippen LogP contribution in [-0.2, 0) is 0 Å². The zero-order chi connectivity index (χ0) is 24.2. The van der Waals surface area contributed by atoms with Gasteiger partial charge in [0.2, 0.25) is 0 Å². The van der Waals surface area contributed by atoms with Crippen LogP contribution < -0.4 is 16.0 Å². The van der Waals surface area contributed by atoms with Gasteiger partial charge in [0, 0.05) is 58.0 Å². The molecule has 2 heterocycles. The van der Waals surface area contributed by atoms with Crippen LogP contribution in [0.4, 0.5) is 37.2 Å². The van der Waals surface area contributed by atoms with E-state index in [-0.39, 0.29) is 5.56 Å². The molecule has 0 atom stereocenters. The van der Waals surface area contributed by atoms with Crippen molar-refractivity contribution in [2.45, 2.75) is 0 Å². The second kappa shape index (κ2) is 9.56. The van der Waals surface area contributed by atoms with E-state index in [9.17, 15) is 13.6 Å². The van der Waals surface area contributed by atoms with Crippen molar-refractivity contribution in [1.29, 1.82) is 0 Å². The van der Waals surface area contributed by atoms with Crippen LogP contribution in [0.1, 0.15) is 10.4 Å². The number of anilines is 5. The Morgan fingerprint density at radius 2 is 1.51 bits per heavy atom. The zero-order valence-corrected chi connectivity index (χ0v) is 18.3. The van der Waals surface area contributed by atoms with Gasteiger partial charge in [0.15, 0.2) is 0 Å². The van der Waals surface area contributed by atoms with Gasteiger partial charge in [-0.2, -0.15) is 0 Å². The monoisotopic (exact) mass is 467 g/mol. The number of aromatic nitrogens is 2. The first-order valence-electron chi connectivity index (χ1n) is 10.7. The van der Waals surface area contributed by atoms with Crippen molar-refractivity contribution in [2.24, 2.45) is 0 Å². The van der Waals surface area contributed by atoms with Crippen LogP contribution in [0.3, 0.4) is 0 Å². The number of hydrogen-bond donors (Lipinski definition) is 3. The molecule has 0 aliphatic rings. The summed E-state index contributed by atoms with van der Waals surface area (Å²) in [5.74, 6) is -1.47. The first kappa shape index (κ1) is 22.0. The molecule has 1 amide bonds. The minimum absolute atomic E-state index is 0.129. The highest BCUT2D eigenvalue weighted by atomic mass is 19.1. The molecular formula is C27H19F2N5O. The average molecular weight is 467 g/mol. The molecule has 0 radical (unpaired) electrons. The van der Waals surface area contributed by atoms with Gasteiger partial charge in [-0.25, -0.2) is 8.78 Å². The second-order valence-electron chi connectivity index (χ2n) is 7.77. The molecule has 172 valence electrons. The number of benzene rings is 3. The molecule has 0 bridgehead atoms. The number of pyridine rings is 2. The maximum Gasteiger partial charge on any atom is 0.255 e. The lowest BCUT2D eigenvalue weighted by Crippen LogP contribution is -2.12. The molecule has 3 aromatic carbocycles. The number of fused-ring (bicyclic) bond motifs is 1. The summed E-state index contributed by atoms with van der Waals surface area (Å²) >= 11 is 0. The fourth-order valence-electron chi connectivity index (χ4n) is 3.66. The lowest BCUT2D eigenvalue weighted by molar-refractivity contribution is 0.102. The summed E-state index contributed by atoms with van der Waals surface area (Å²) in [6.07, 6.45) is 4.92. The SMILES string of the molecule is O=C(Nc1cccc(Nc2ccncc2)c1)c1cc(F)cc(Nc2ccnc3ccc(F)cc23)c1. The number of rotatable bonds is 6. The Labute approximate surface area is 199 Å². The molecule has 5 aromatic rings. The van der Waals surface area contributed by atoms with Gasteiger partial charge in [-0.15, -0.1) is 0 Å². The predicted octanol–water partition coefficient (Wildman–Crippen LogP) is 6.65. The van der Waals surface area contributed by atoms with Crippen molar-refractivity contribution < 1.29 is 13.6 Å². The van der Waals surface area contributed by atoms with Gasteiger partial charge in [0.05, 0.1) is 5.52 Å². The summed E-state index contributed by atoms with van der Waals surface area (Å²) in [4.78, 5) is 21.1. The topological polar surface area (TPSA) is 78.9 Å². The van der Waals surface area contributed by atoms with Crippen LogP contribution in [0.15, 0.2) is 97.5 Å². The molecule has 8 heteroatoms. The van der Waals surface area contributed by atoms with Gasteiger partial charge in [-0.05, 0) is 72.8 Å². The van der Waals surface area contributed by atoms with Gasteiger partial charge >= 0.3 is 0 Å². The van der Waals surface area contributed by atoms with Crippen LogP contribution in [0.5, 0.6) is 0 Å². The van der Waals surface area contributed by atoms with Crippen molar-refractivity contribution in [3.8, 4) is 0 Å². The first-order valence-corrected chi connectivity index (χ1v) is 10.7. The fourth-order valence-corrected chi connectivity index (χ4v) is 3.66. The van der Waals surface area contributed by atoms with Gasteiger partial charge in [0.1, 0.15) is 11.6 Å². The van der Waals surface area contributed by atoms with E-state index in [0.717, 1.165) is 17.4 Å². The molecule has 35 heavy (non-hydrogen) atoms. The van der Waals surface area contributed by atoms with E-state index in [1.54, 1.807) is 48.9 Å². The highest BCUT2D eigenvalue weighted by Gasteiger charge is 2.12. The summed E-state index contributed by atoms with van der Waals surface area (Å²) < 4.78 is 28.2. The summed E-state index contributed by atoms with van der Waals surface area (Å²) in [5, 5.41) is 9.63. The molecule has 3 N–H and O–H groups in total. The Kier molecular flexibility index (Phi) is 6.00. The van der Waals surface area contributed by atoms with Crippen LogP contribution in [0.2, 0.25) is 0 Å². The lowest BCUT2D eigenvalue weighted by atomic mass is 10.1. The third-order valence-electron chi connectivity index (χ3n) is 5.23. The van der Waals surface area contributed by atoms with E-state index in [4.69, 9.17) is 0 Å². The molecule has 0 fully saturated rings. The molecule has 0 spiro atoms. The quantitative estimate of drug-likeness (QED) is 0.261. The van der Waals surface area contributed by atoms with Gasteiger partial charge in [0.25, 0.3) is 5.91 Å². The number of amides is 1. The minimum atomic E-state index is -0.585.